The first-order valence-corrected chi connectivity index (χ1v) is 8.67. The molecule has 2 aromatic carbocycles. The van der Waals surface area contributed by atoms with Gasteiger partial charge in [0.05, 0.1) is 18.1 Å². The number of hydrogen-bond acceptors (Lipinski definition) is 6. The molecule has 2 N–H and O–H groups in total. The molecule has 0 unspecified atom stereocenters. The van der Waals surface area contributed by atoms with Gasteiger partial charge in [0.25, 0.3) is 5.91 Å². The van der Waals surface area contributed by atoms with E-state index in [0.717, 1.165) is 23.5 Å². The summed E-state index contributed by atoms with van der Waals surface area (Å²) in [5, 5.41) is 6.09. The van der Waals surface area contributed by atoms with E-state index >= 15 is 0 Å². The summed E-state index contributed by atoms with van der Waals surface area (Å²) < 4.78 is 5.18. The summed E-state index contributed by atoms with van der Waals surface area (Å²) in [4.78, 5) is 23.8. The lowest BCUT2D eigenvalue weighted by Gasteiger charge is -2.14. The Kier molecular flexibility index (Phi) is 5.83. The fourth-order valence-corrected chi connectivity index (χ4v) is 2.53. The molecule has 7 heteroatoms. The summed E-state index contributed by atoms with van der Waals surface area (Å²) in [6.07, 6.45) is 0. The molecule has 0 saturated heterocycles. The van der Waals surface area contributed by atoms with E-state index in [2.05, 4.69) is 20.6 Å². The highest BCUT2D eigenvalue weighted by Gasteiger charge is 2.16. The van der Waals surface area contributed by atoms with E-state index in [-0.39, 0.29) is 11.6 Å². The summed E-state index contributed by atoms with van der Waals surface area (Å²) in [6, 6.07) is 14.9. The molecule has 3 aromatic rings. The minimum atomic E-state index is -0.258. The number of rotatable bonds is 7. The van der Waals surface area contributed by atoms with Gasteiger partial charge in [0.1, 0.15) is 5.75 Å². The summed E-state index contributed by atoms with van der Waals surface area (Å²) in [5.74, 6) is 0.916. The topological polar surface area (TPSA) is 79.4 Å². The average molecular weight is 365 g/mol. The molecule has 0 atom stereocenters. The number of nitrogens with zero attached hydrogens (tertiary/aromatic N) is 3. The van der Waals surface area contributed by atoms with Crippen molar-refractivity contribution in [1.29, 1.82) is 0 Å². The van der Waals surface area contributed by atoms with Gasteiger partial charge in [0.2, 0.25) is 0 Å². The second-order valence-electron chi connectivity index (χ2n) is 6.32. The minimum absolute atomic E-state index is 0.258. The molecule has 140 valence electrons. The molecule has 0 aliphatic carbocycles. The van der Waals surface area contributed by atoms with Crippen molar-refractivity contribution in [2.24, 2.45) is 0 Å². The van der Waals surface area contributed by atoms with E-state index in [1.807, 2.05) is 67.5 Å². The van der Waals surface area contributed by atoms with Crippen LogP contribution in [-0.4, -0.2) is 55.1 Å². The van der Waals surface area contributed by atoms with Crippen LogP contribution in [0.5, 0.6) is 5.75 Å². The molecule has 0 radical (unpaired) electrons. The third kappa shape index (κ3) is 4.71. The fraction of sp³-hybridized carbons (Fsp3) is 0.250. The van der Waals surface area contributed by atoms with Crippen molar-refractivity contribution in [3.8, 4) is 5.75 Å². The van der Waals surface area contributed by atoms with Gasteiger partial charge in [-0.15, -0.1) is 0 Å². The van der Waals surface area contributed by atoms with Crippen LogP contribution in [0, 0.1) is 0 Å². The molecule has 0 spiro atoms. The van der Waals surface area contributed by atoms with E-state index in [1.54, 1.807) is 7.11 Å². The number of para-hydroxylation sites is 2. The molecule has 0 saturated carbocycles. The number of hydrogen-bond donors (Lipinski definition) is 2. The van der Waals surface area contributed by atoms with Crippen molar-refractivity contribution in [2.75, 3.05) is 39.6 Å². The maximum atomic E-state index is 12.7. The number of carbonyl (C=O) groups is 1. The summed E-state index contributed by atoms with van der Waals surface area (Å²) in [6.45, 7) is 1.27. The minimum Gasteiger partial charge on any atom is -0.497 e. The lowest BCUT2D eigenvalue weighted by atomic mass is 10.2. The van der Waals surface area contributed by atoms with E-state index in [1.165, 1.54) is 0 Å². The lowest BCUT2D eigenvalue weighted by Crippen LogP contribution is -2.32. The van der Waals surface area contributed by atoms with Gasteiger partial charge in [-0.3, -0.25) is 4.79 Å². The van der Waals surface area contributed by atoms with Gasteiger partial charge in [0, 0.05) is 18.8 Å². The number of nitrogens with one attached hydrogen (secondary N) is 2. The van der Waals surface area contributed by atoms with Crippen molar-refractivity contribution >= 4 is 28.4 Å². The Balaban J connectivity index is 1.91. The van der Waals surface area contributed by atoms with Crippen LogP contribution in [0.2, 0.25) is 0 Å². The number of carbonyl (C=O) groups excluding carboxylic acids is 1. The molecule has 1 aromatic heterocycles. The highest BCUT2D eigenvalue weighted by atomic mass is 16.5. The van der Waals surface area contributed by atoms with Gasteiger partial charge in [0.15, 0.2) is 11.5 Å². The standard InChI is InChI=1S/C20H23N5O2/c1-25(2)13-12-21-20(26)18-19(22-14-8-10-15(27-3)11-9-14)24-17-7-5-4-6-16(17)23-18/h4-11H,12-13H2,1-3H3,(H,21,26)(H,22,24). The normalized spacial score (nSPS) is 10.8. The largest absolute Gasteiger partial charge is 0.497 e. The predicted molar refractivity (Wildman–Crippen MR) is 107 cm³/mol. The van der Waals surface area contributed by atoms with Crippen LogP contribution < -0.4 is 15.4 Å². The number of fused-ring (bicyclic) bond motifs is 1. The van der Waals surface area contributed by atoms with Crippen LogP contribution in [-0.2, 0) is 0 Å². The summed E-state index contributed by atoms with van der Waals surface area (Å²) >= 11 is 0. The first-order valence-electron chi connectivity index (χ1n) is 8.67. The second-order valence-corrected chi connectivity index (χ2v) is 6.32. The number of ether oxygens (including phenoxy) is 1. The zero-order valence-corrected chi connectivity index (χ0v) is 15.7. The van der Waals surface area contributed by atoms with Crippen molar-refractivity contribution < 1.29 is 9.53 Å². The Bertz CT molecular complexity index is 925. The quantitative estimate of drug-likeness (QED) is 0.670. The van der Waals surface area contributed by atoms with Gasteiger partial charge < -0.3 is 20.3 Å². The third-order valence-corrected chi connectivity index (χ3v) is 3.98. The Morgan fingerprint density at radius 2 is 1.70 bits per heavy atom. The van der Waals surface area contributed by atoms with Crippen LogP contribution in [0.3, 0.4) is 0 Å². The molecule has 3 rings (SSSR count). The van der Waals surface area contributed by atoms with Crippen LogP contribution >= 0.6 is 0 Å². The monoisotopic (exact) mass is 365 g/mol. The average Bonchev–Trinajstić information content (AvgIpc) is 2.67. The number of methoxy groups -OCH3 is 1. The van der Waals surface area contributed by atoms with Gasteiger partial charge in [-0.25, -0.2) is 9.97 Å². The van der Waals surface area contributed by atoms with Crippen LogP contribution in [0.25, 0.3) is 11.0 Å². The van der Waals surface area contributed by atoms with Gasteiger partial charge in [-0.1, -0.05) is 12.1 Å². The maximum Gasteiger partial charge on any atom is 0.273 e. The number of likely N-dealkylation sites (N-methyl/N-ethyl adjacent to an activating group) is 1. The van der Waals surface area contributed by atoms with Crippen molar-refractivity contribution in [1.82, 2.24) is 20.2 Å². The SMILES string of the molecule is COc1ccc(Nc2nc3ccccc3nc2C(=O)NCCN(C)C)cc1. The zero-order valence-electron chi connectivity index (χ0n) is 15.7. The maximum absolute atomic E-state index is 12.7. The molecule has 27 heavy (non-hydrogen) atoms. The second kappa shape index (κ2) is 8.46. The highest BCUT2D eigenvalue weighted by Crippen LogP contribution is 2.23. The third-order valence-electron chi connectivity index (χ3n) is 3.98. The Morgan fingerprint density at radius 1 is 1.04 bits per heavy atom. The first-order chi connectivity index (χ1) is 13.1. The Labute approximate surface area is 158 Å². The number of benzene rings is 2. The van der Waals surface area contributed by atoms with Crippen LogP contribution in [0.4, 0.5) is 11.5 Å². The molecule has 1 heterocycles. The number of amides is 1. The molecule has 1 amide bonds. The van der Waals surface area contributed by atoms with Gasteiger partial charge in [-0.2, -0.15) is 0 Å². The van der Waals surface area contributed by atoms with Gasteiger partial charge >= 0.3 is 0 Å². The van der Waals surface area contributed by atoms with E-state index < -0.39 is 0 Å². The molecular weight excluding hydrogens is 342 g/mol. The molecule has 0 fully saturated rings. The van der Waals surface area contributed by atoms with Crippen LogP contribution in [0.15, 0.2) is 48.5 Å². The Morgan fingerprint density at radius 3 is 2.33 bits per heavy atom. The van der Waals surface area contributed by atoms with Gasteiger partial charge in [-0.05, 0) is 50.5 Å². The van der Waals surface area contributed by atoms with E-state index in [0.29, 0.717) is 17.9 Å². The lowest BCUT2D eigenvalue weighted by molar-refractivity contribution is 0.0947. The van der Waals surface area contributed by atoms with E-state index in [4.69, 9.17) is 4.74 Å². The van der Waals surface area contributed by atoms with Crippen molar-refractivity contribution in [3.63, 3.8) is 0 Å². The van der Waals surface area contributed by atoms with Crippen molar-refractivity contribution in [2.45, 2.75) is 0 Å². The smallest absolute Gasteiger partial charge is 0.273 e. The molecule has 0 aliphatic heterocycles. The number of anilines is 2. The van der Waals surface area contributed by atoms with Crippen LogP contribution in [0.1, 0.15) is 10.5 Å². The van der Waals surface area contributed by atoms with E-state index in [9.17, 15) is 4.79 Å². The molecule has 7 nitrogen and oxygen atoms in total. The summed E-state index contributed by atoms with van der Waals surface area (Å²) in [5.41, 5.74) is 2.46. The fourth-order valence-electron chi connectivity index (χ4n) is 2.53. The predicted octanol–water partition coefficient (Wildman–Crippen LogP) is 2.67. The zero-order chi connectivity index (χ0) is 19.2. The summed E-state index contributed by atoms with van der Waals surface area (Å²) in [7, 11) is 5.53. The highest BCUT2D eigenvalue weighted by molar-refractivity contribution is 5.99. The first kappa shape index (κ1) is 18.6. The van der Waals surface area contributed by atoms with Crippen molar-refractivity contribution in [3.05, 3.63) is 54.2 Å². The molecular formula is C20H23N5O2. The number of aromatic nitrogens is 2. The molecule has 0 aliphatic rings. The Hall–Kier alpha value is -3.19. The molecule has 0 bridgehead atoms.